The van der Waals surface area contributed by atoms with E-state index in [0.717, 1.165) is 29.9 Å². The maximum atomic E-state index is 12.3. The molecule has 1 aliphatic heterocycles. The first-order valence-corrected chi connectivity index (χ1v) is 8.63. The predicted octanol–water partition coefficient (Wildman–Crippen LogP) is 3.77. The van der Waals surface area contributed by atoms with Gasteiger partial charge in [-0.05, 0) is 51.0 Å². The van der Waals surface area contributed by atoms with Gasteiger partial charge >= 0.3 is 0 Å². The van der Waals surface area contributed by atoms with Gasteiger partial charge in [-0.1, -0.05) is 24.3 Å². The van der Waals surface area contributed by atoms with Gasteiger partial charge in [-0.2, -0.15) is 0 Å². The van der Waals surface area contributed by atoms with Gasteiger partial charge in [-0.15, -0.1) is 0 Å². The molecule has 2 aromatic carbocycles. The van der Waals surface area contributed by atoms with Crippen molar-refractivity contribution in [2.45, 2.75) is 45.3 Å². The number of hydrogen-bond donors (Lipinski definition) is 1. The van der Waals surface area contributed by atoms with Crippen molar-refractivity contribution in [3.63, 3.8) is 0 Å². The molecule has 1 atom stereocenters. The van der Waals surface area contributed by atoms with Crippen LogP contribution < -0.4 is 14.8 Å². The first-order valence-electron chi connectivity index (χ1n) is 8.63. The Balaban J connectivity index is 1.72. The number of hydrogen-bond acceptors (Lipinski definition) is 3. The first-order chi connectivity index (χ1) is 11.9. The molecule has 0 saturated heterocycles. The second-order valence-electron chi connectivity index (χ2n) is 7.27. The number of ether oxygens (including phenoxy) is 2. The van der Waals surface area contributed by atoms with E-state index < -0.39 is 0 Å². The highest BCUT2D eigenvalue weighted by molar-refractivity contribution is 5.94. The third-order valence-corrected chi connectivity index (χ3v) is 4.36. The summed E-state index contributed by atoms with van der Waals surface area (Å²) in [7, 11) is 1.66. The zero-order valence-electron chi connectivity index (χ0n) is 15.3. The minimum absolute atomic E-state index is 0.0193. The van der Waals surface area contributed by atoms with E-state index in [1.807, 2.05) is 43.3 Å². The van der Waals surface area contributed by atoms with Crippen LogP contribution in [0.5, 0.6) is 11.5 Å². The van der Waals surface area contributed by atoms with Gasteiger partial charge in [0.25, 0.3) is 5.91 Å². The highest BCUT2D eigenvalue weighted by atomic mass is 16.5. The summed E-state index contributed by atoms with van der Waals surface area (Å²) < 4.78 is 11.5. The van der Waals surface area contributed by atoms with E-state index in [9.17, 15) is 4.79 Å². The lowest BCUT2D eigenvalue weighted by molar-refractivity contribution is 0.0940. The highest BCUT2D eigenvalue weighted by Gasteiger charge is 2.33. The predicted molar refractivity (Wildman–Crippen MR) is 98.5 cm³/mol. The molecule has 1 N–H and O–H groups in total. The number of carbonyl (C=O) groups excluding carboxylic acids is 1. The van der Waals surface area contributed by atoms with Gasteiger partial charge in [-0.3, -0.25) is 4.79 Å². The van der Waals surface area contributed by atoms with E-state index in [-0.39, 0.29) is 17.6 Å². The number of rotatable bonds is 5. The number of methoxy groups -OCH3 is 1. The third-order valence-electron chi connectivity index (χ3n) is 4.36. The first kappa shape index (κ1) is 17.3. The Labute approximate surface area is 149 Å². The Hall–Kier alpha value is -2.49. The van der Waals surface area contributed by atoms with Crippen LogP contribution in [0.1, 0.15) is 42.3 Å². The zero-order valence-corrected chi connectivity index (χ0v) is 15.3. The average Bonchev–Trinajstić information content (AvgIpc) is 2.88. The van der Waals surface area contributed by atoms with Crippen molar-refractivity contribution in [2.24, 2.45) is 0 Å². The monoisotopic (exact) mass is 339 g/mol. The summed E-state index contributed by atoms with van der Waals surface area (Å²) in [5.74, 6) is 1.56. The van der Waals surface area contributed by atoms with Crippen LogP contribution >= 0.6 is 0 Å². The summed E-state index contributed by atoms with van der Waals surface area (Å²) >= 11 is 0. The summed E-state index contributed by atoms with van der Waals surface area (Å²) in [6, 6.07) is 13.5. The number of carbonyl (C=O) groups is 1. The van der Waals surface area contributed by atoms with Gasteiger partial charge in [0.15, 0.2) is 11.5 Å². The van der Waals surface area contributed by atoms with Gasteiger partial charge in [0.2, 0.25) is 0 Å². The topological polar surface area (TPSA) is 47.6 Å². The van der Waals surface area contributed by atoms with Crippen LogP contribution in [-0.2, 0) is 12.8 Å². The molecule has 0 bridgehead atoms. The van der Waals surface area contributed by atoms with E-state index in [4.69, 9.17) is 9.47 Å². The van der Waals surface area contributed by atoms with Crippen LogP contribution in [0, 0.1) is 0 Å². The standard InChI is InChI=1S/C21H25NO3/c1-14(22-20(23)16-8-6-5-7-9-16)10-15-11-17-13-21(2,3)25-19(17)18(12-15)24-4/h5-9,11-12,14H,10,13H2,1-4H3,(H,22,23). The van der Waals surface area contributed by atoms with Crippen molar-refractivity contribution in [3.8, 4) is 11.5 Å². The SMILES string of the molecule is COc1cc(CC(C)NC(=O)c2ccccc2)cc2c1OC(C)(C)C2. The van der Waals surface area contributed by atoms with Crippen LogP contribution in [0.25, 0.3) is 0 Å². The van der Waals surface area contributed by atoms with Gasteiger partial charge in [0.05, 0.1) is 7.11 Å². The summed E-state index contributed by atoms with van der Waals surface area (Å²) in [5, 5.41) is 3.06. The zero-order chi connectivity index (χ0) is 18.0. The quantitative estimate of drug-likeness (QED) is 0.902. The Morgan fingerprint density at radius 1 is 1.28 bits per heavy atom. The van der Waals surface area contributed by atoms with Crippen molar-refractivity contribution < 1.29 is 14.3 Å². The maximum Gasteiger partial charge on any atom is 0.251 e. The van der Waals surface area contributed by atoms with E-state index in [1.54, 1.807) is 7.11 Å². The molecule has 0 radical (unpaired) electrons. The van der Waals surface area contributed by atoms with E-state index >= 15 is 0 Å². The Bertz CT molecular complexity index is 768. The normalized spacial score (nSPS) is 15.8. The van der Waals surface area contributed by atoms with E-state index in [0.29, 0.717) is 5.56 Å². The van der Waals surface area contributed by atoms with Crippen molar-refractivity contribution in [1.29, 1.82) is 0 Å². The van der Waals surface area contributed by atoms with E-state index in [1.165, 1.54) is 5.56 Å². The summed E-state index contributed by atoms with van der Waals surface area (Å²) in [6.45, 7) is 6.17. The molecule has 132 valence electrons. The second-order valence-corrected chi connectivity index (χ2v) is 7.27. The third kappa shape index (κ3) is 3.95. The summed E-state index contributed by atoms with van der Waals surface area (Å²) in [5.41, 5.74) is 2.77. The molecule has 1 amide bonds. The number of fused-ring (bicyclic) bond motifs is 1. The highest BCUT2D eigenvalue weighted by Crippen LogP contribution is 2.42. The number of benzene rings is 2. The Kier molecular flexibility index (Phi) is 4.71. The summed E-state index contributed by atoms with van der Waals surface area (Å²) in [4.78, 5) is 12.3. The van der Waals surface area contributed by atoms with Crippen LogP contribution in [0.4, 0.5) is 0 Å². The molecule has 1 unspecified atom stereocenters. The molecule has 4 nitrogen and oxygen atoms in total. The van der Waals surface area contributed by atoms with Crippen LogP contribution in [0.2, 0.25) is 0 Å². The Morgan fingerprint density at radius 3 is 2.68 bits per heavy atom. The molecular weight excluding hydrogens is 314 g/mol. The second kappa shape index (κ2) is 6.79. The molecule has 0 aliphatic carbocycles. The summed E-state index contributed by atoms with van der Waals surface area (Å²) in [6.07, 6.45) is 1.60. The molecular formula is C21H25NO3. The van der Waals surface area contributed by atoms with Crippen molar-refractivity contribution in [2.75, 3.05) is 7.11 Å². The molecule has 3 rings (SSSR count). The smallest absolute Gasteiger partial charge is 0.251 e. The van der Waals surface area contributed by atoms with Gasteiger partial charge < -0.3 is 14.8 Å². The molecule has 25 heavy (non-hydrogen) atoms. The molecule has 0 spiro atoms. The lowest BCUT2D eigenvalue weighted by Gasteiger charge is -2.18. The fourth-order valence-corrected chi connectivity index (χ4v) is 3.31. The van der Waals surface area contributed by atoms with Crippen LogP contribution in [0.15, 0.2) is 42.5 Å². The number of nitrogens with one attached hydrogen (secondary N) is 1. The molecule has 1 heterocycles. The lowest BCUT2D eigenvalue weighted by Crippen LogP contribution is -2.34. The maximum absolute atomic E-state index is 12.3. The molecule has 2 aromatic rings. The molecule has 0 fully saturated rings. The number of amides is 1. The largest absolute Gasteiger partial charge is 0.493 e. The van der Waals surface area contributed by atoms with Gasteiger partial charge in [-0.25, -0.2) is 0 Å². The Morgan fingerprint density at radius 2 is 2.00 bits per heavy atom. The lowest BCUT2D eigenvalue weighted by atomic mass is 9.97. The minimum atomic E-state index is -0.207. The van der Waals surface area contributed by atoms with Crippen LogP contribution in [-0.4, -0.2) is 24.7 Å². The molecule has 1 aliphatic rings. The fourth-order valence-electron chi connectivity index (χ4n) is 3.31. The van der Waals surface area contributed by atoms with Gasteiger partial charge in [0, 0.05) is 23.6 Å². The fraction of sp³-hybridized carbons (Fsp3) is 0.381. The average molecular weight is 339 g/mol. The molecule has 0 aromatic heterocycles. The van der Waals surface area contributed by atoms with Gasteiger partial charge in [0.1, 0.15) is 5.60 Å². The van der Waals surface area contributed by atoms with Crippen LogP contribution in [0.3, 0.4) is 0 Å². The van der Waals surface area contributed by atoms with E-state index in [2.05, 4.69) is 25.2 Å². The molecule has 4 heteroatoms. The van der Waals surface area contributed by atoms with Crippen molar-refractivity contribution in [3.05, 3.63) is 59.2 Å². The minimum Gasteiger partial charge on any atom is -0.493 e. The van der Waals surface area contributed by atoms with Crippen molar-refractivity contribution in [1.82, 2.24) is 5.32 Å². The van der Waals surface area contributed by atoms with Crippen molar-refractivity contribution >= 4 is 5.91 Å². The molecule has 0 saturated carbocycles.